The number of benzene rings is 1. The van der Waals surface area contributed by atoms with Crippen molar-refractivity contribution < 1.29 is 9.47 Å². The Morgan fingerprint density at radius 1 is 1.07 bits per heavy atom. The minimum atomic E-state index is -0.103. The van der Waals surface area contributed by atoms with Crippen LogP contribution in [-0.2, 0) is 4.74 Å². The monoisotopic (exact) mass is 372 g/mol. The zero-order valence-corrected chi connectivity index (χ0v) is 18.2. The van der Waals surface area contributed by atoms with E-state index in [4.69, 9.17) is 9.47 Å². The van der Waals surface area contributed by atoms with E-state index in [0.717, 1.165) is 18.1 Å². The molecule has 0 amide bonds. The van der Waals surface area contributed by atoms with Crippen molar-refractivity contribution in [3.8, 4) is 5.75 Å². The molecule has 3 aliphatic carbocycles. The fraction of sp³-hybridized carbons (Fsp3) is 0.760. The summed E-state index contributed by atoms with van der Waals surface area (Å²) in [5, 5.41) is 0. The number of ether oxygens (including phenoxy) is 2. The van der Waals surface area contributed by atoms with Gasteiger partial charge in [0.15, 0.2) is 6.29 Å². The summed E-state index contributed by atoms with van der Waals surface area (Å²) in [4.78, 5) is 0. The van der Waals surface area contributed by atoms with Crippen LogP contribution in [0.5, 0.6) is 5.75 Å². The van der Waals surface area contributed by atoms with E-state index in [2.05, 4.69) is 58.9 Å². The Morgan fingerprint density at radius 2 is 1.78 bits per heavy atom. The number of hydrogen-bond acceptors (Lipinski definition) is 2. The number of hydrogen-bond donors (Lipinski definition) is 0. The lowest BCUT2D eigenvalue weighted by molar-refractivity contribution is -0.236. The third-order valence-electron chi connectivity index (χ3n) is 6.38. The molecule has 1 unspecified atom stereocenters. The number of fused-ring (bicyclic) bond motifs is 2. The van der Waals surface area contributed by atoms with Crippen molar-refractivity contribution in [2.75, 3.05) is 0 Å². The van der Waals surface area contributed by atoms with Crippen LogP contribution in [0.2, 0.25) is 0 Å². The van der Waals surface area contributed by atoms with E-state index < -0.39 is 0 Å². The van der Waals surface area contributed by atoms with E-state index in [1.807, 2.05) is 0 Å². The van der Waals surface area contributed by atoms with Gasteiger partial charge in [-0.25, -0.2) is 0 Å². The van der Waals surface area contributed by atoms with E-state index in [9.17, 15) is 0 Å². The predicted molar refractivity (Wildman–Crippen MR) is 113 cm³/mol. The fourth-order valence-electron chi connectivity index (χ4n) is 4.74. The van der Waals surface area contributed by atoms with Crippen molar-refractivity contribution in [1.82, 2.24) is 0 Å². The van der Waals surface area contributed by atoms with E-state index >= 15 is 0 Å². The molecule has 1 aromatic rings. The second kappa shape index (κ2) is 8.55. The van der Waals surface area contributed by atoms with Crippen molar-refractivity contribution in [1.29, 1.82) is 0 Å². The van der Waals surface area contributed by atoms with Crippen LogP contribution in [0, 0.1) is 11.3 Å². The molecule has 0 aliphatic heterocycles. The third-order valence-corrected chi connectivity index (χ3v) is 6.38. The fourth-order valence-corrected chi connectivity index (χ4v) is 4.74. The average Bonchev–Trinajstić information content (AvgIpc) is 2.58. The van der Waals surface area contributed by atoms with Crippen molar-refractivity contribution in [2.24, 2.45) is 11.3 Å². The summed E-state index contributed by atoms with van der Waals surface area (Å²) in [5.74, 6) is 2.41. The summed E-state index contributed by atoms with van der Waals surface area (Å²) in [5.41, 5.74) is 1.89. The van der Waals surface area contributed by atoms with Gasteiger partial charge in [-0.05, 0) is 67.1 Å². The summed E-state index contributed by atoms with van der Waals surface area (Å²) < 4.78 is 13.0. The first-order valence-corrected chi connectivity index (χ1v) is 11.2. The molecule has 3 saturated carbocycles. The minimum Gasteiger partial charge on any atom is -0.465 e. The SMILES string of the molecule is CC(C)c1ccc(OC(CCCCC(C)(C)C)OC23CCCC(C2)C3)cc1. The molecule has 0 spiro atoms. The highest BCUT2D eigenvalue weighted by atomic mass is 16.7. The highest BCUT2D eigenvalue weighted by molar-refractivity contribution is 5.29. The quantitative estimate of drug-likeness (QED) is 0.330. The molecule has 2 bridgehead atoms. The summed E-state index contributed by atoms with van der Waals surface area (Å²) >= 11 is 0. The molecule has 3 fully saturated rings. The van der Waals surface area contributed by atoms with Crippen LogP contribution in [-0.4, -0.2) is 11.9 Å². The second-order valence-corrected chi connectivity index (χ2v) is 10.5. The maximum Gasteiger partial charge on any atom is 0.200 e. The molecule has 0 aromatic heterocycles. The summed E-state index contributed by atoms with van der Waals surface area (Å²) in [6, 6.07) is 8.61. The first-order valence-electron chi connectivity index (χ1n) is 11.2. The van der Waals surface area contributed by atoms with Gasteiger partial charge < -0.3 is 9.47 Å². The van der Waals surface area contributed by atoms with Gasteiger partial charge in [-0.2, -0.15) is 0 Å². The molecule has 3 aliphatic rings. The molecule has 0 radical (unpaired) electrons. The molecular weight excluding hydrogens is 332 g/mol. The molecule has 27 heavy (non-hydrogen) atoms. The van der Waals surface area contributed by atoms with E-state index in [1.165, 1.54) is 56.9 Å². The van der Waals surface area contributed by atoms with Crippen molar-refractivity contribution in [3.63, 3.8) is 0 Å². The standard InChI is InChI=1S/C25H40O2/c1-19(2)21-11-13-22(14-12-21)26-23(10-6-7-15-24(3,4)5)27-25-16-8-9-20(17-25)18-25/h11-14,19-20,23H,6-10,15-18H2,1-5H3. The molecule has 2 heteroatoms. The zero-order chi connectivity index (χ0) is 19.5. The lowest BCUT2D eigenvalue weighted by Gasteiger charge is -2.53. The van der Waals surface area contributed by atoms with Crippen molar-refractivity contribution >= 4 is 0 Å². The van der Waals surface area contributed by atoms with Gasteiger partial charge in [-0.15, -0.1) is 0 Å². The van der Waals surface area contributed by atoms with Crippen LogP contribution in [0.4, 0.5) is 0 Å². The summed E-state index contributed by atoms with van der Waals surface area (Å²) in [6.07, 6.45) is 11.0. The lowest BCUT2D eigenvalue weighted by atomic mass is 9.61. The first-order chi connectivity index (χ1) is 12.7. The third kappa shape index (κ3) is 5.98. The maximum absolute atomic E-state index is 6.64. The van der Waals surface area contributed by atoms with Gasteiger partial charge in [-0.1, -0.05) is 66.0 Å². The highest BCUT2D eigenvalue weighted by Gasteiger charge is 2.49. The van der Waals surface area contributed by atoms with Crippen LogP contribution < -0.4 is 4.74 Å². The Balaban J connectivity index is 1.58. The zero-order valence-electron chi connectivity index (χ0n) is 18.2. The molecular formula is C25H40O2. The Morgan fingerprint density at radius 3 is 2.33 bits per heavy atom. The summed E-state index contributed by atoms with van der Waals surface area (Å²) in [7, 11) is 0. The van der Waals surface area contributed by atoms with Gasteiger partial charge in [0.2, 0.25) is 0 Å². The van der Waals surface area contributed by atoms with Gasteiger partial charge in [0.05, 0.1) is 5.60 Å². The van der Waals surface area contributed by atoms with Crippen LogP contribution in [0.15, 0.2) is 24.3 Å². The molecule has 1 aromatic carbocycles. The van der Waals surface area contributed by atoms with Crippen molar-refractivity contribution in [3.05, 3.63) is 29.8 Å². The largest absolute Gasteiger partial charge is 0.465 e. The smallest absolute Gasteiger partial charge is 0.200 e. The van der Waals surface area contributed by atoms with Crippen LogP contribution >= 0.6 is 0 Å². The average molecular weight is 373 g/mol. The lowest BCUT2D eigenvalue weighted by Crippen LogP contribution is -2.52. The molecule has 152 valence electrons. The van der Waals surface area contributed by atoms with Gasteiger partial charge >= 0.3 is 0 Å². The van der Waals surface area contributed by atoms with E-state index in [1.54, 1.807) is 0 Å². The molecule has 1 atom stereocenters. The van der Waals surface area contributed by atoms with Gasteiger partial charge in [0, 0.05) is 6.42 Å². The van der Waals surface area contributed by atoms with Gasteiger partial charge in [0.25, 0.3) is 0 Å². The van der Waals surface area contributed by atoms with Crippen LogP contribution in [0.3, 0.4) is 0 Å². The van der Waals surface area contributed by atoms with Crippen LogP contribution in [0.25, 0.3) is 0 Å². The highest BCUT2D eigenvalue weighted by Crippen LogP contribution is 2.52. The first kappa shape index (κ1) is 20.7. The normalized spacial score (nSPS) is 25.9. The summed E-state index contributed by atoms with van der Waals surface area (Å²) in [6.45, 7) is 11.4. The molecule has 0 N–H and O–H groups in total. The van der Waals surface area contributed by atoms with Crippen LogP contribution in [0.1, 0.15) is 104 Å². The molecule has 0 saturated heterocycles. The molecule has 4 rings (SSSR count). The topological polar surface area (TPSA) is 18.5 Å². The second-order valence-electron chi connectivity index (χ2n) is 10.5. The Kier molecular flexibility index (Phi) is 6.56. The maximum atomic E-state index is 6.64. The minimum absolute atomic E-state index is 0.103. The Hall–Kier alpha value is -1.02. The van der Waals surface area contributed by atoms with Crippen molar-refractivity contribution in [2.45, 2.75) is 110 Å². The predicted octanol–water partition coefficient (Wildman–Crippen LogP) is 7.47. The number of rotatable bonds is 9. The Bertz CT molecular complexity index is 570. The van der Waals surface area contributed by atoms with Gasteiger partial charge in [-0.3, -0.25) is 0 Å². The molecule has 2 nitrogen and oxygen atoms in total. The van der Waals surface area contributed by atoms with E-state index in [-0.39, 0.29) is 11.9 Å². The number of unbranched alkanes of at least 4 members (excludes halogenated alkanes) is 1. The Labute approximate surface area is 167 Å². The van der Waals surface area contributed by atoms with E-state index in [0.29, 0.717) is 11.3 Å². The van der Waals surface area contributed by atoms with Gasteiger partial charge in [0.1, 0.15) is 5.75 Å². The molecule has 0 heterocycles.